The van der Waals surface area contributed by atoms with E-state index in [-0.39, 0.29) is 40.1 Å². The first kappa shape index (κ1) is 20.1. The highest BCUT2D eigenvalue weighted by Gasteiger charge is 2.24. The minimum atomic E-state index is -3.91. The first-order chi connectivity index (χ1) is 8.94. The summed E-state index contributed by atoms with van der Waals surface area (Å²) < 4.78 is 26.4. The molecule has 0 spiro atoms. The van der Waals surface area contributed by atoms with Crippen molar-refractivity contribution in [2.75, 3.05) is 6.54 Å². The van der Waals surface area contributed by atoms with Gasteiger partial charge in [-0.3, -0.25) is 10.1 Å². The molecule has 0 fully saturated rings. The van der Waals surface area contributed by atoms with Gasteiger partial charge in [0.25, 0.3) is 5.69 Å². The van der Waals surface area contributed by atoms with Crippen LogP contribution in [0.1, 0.15) is 19.4 Å². The minimum absolute atomic E-state index is 0. The van der Waals surface area contributed by atoms with Gasteiger partial charge in [0, 0.05) is 23.7 Å². The molecule has 0 aliphatic heterocycles. The van der Waals surface area contributed by atoms with Crippen LogP contribution in [0.15, 0.2) is 17.0 Å². The number of rotatable bonds is 5. The third-order valence-corrected chi connectivity index (χ3v) is 4.29. The molecule has 0 atom stereocenters. The van der Waals surface area contributed by atoms with Crippen molar-refractivity contribution in [3.8, 4) is 0 Å². The van der Waals surface area contributed by atoms with Crippen LogP contribution in [0.25, 0.3) is 0 Å². The number of nitro groups is 1. The van der Waals surface area contributed by atoms with Crippen LogP contribution in [0.4, 0.5) is 5.69 Å². The molecule has 1 rings (SSSR count). The van der Waals surface area contributed by atoms with Crippen LogP contribution in [0.5, 0.6) is 0 Å². The van der Waals surface area contributed by atoms with Crippen LogP contribution in [-0.4, -0.2) is 25.4 Å². The molecule has 21 heavy (non-hydrogen) atoms. The Kier molecular flexibility index (Phi) is 6.58. The lowest BCUT2D eigenvalue weighted by molar-refractivity contribution is -0.385. The monoisotopic (exact) mass is 357 g/mol. The Balaban J connectivity index is 0.00000400. The zero-order valence-electron chi connectivity index (χ0n) is 11.7. The third kappa shape index (κ3) is 5.40. The molecule has 0 bridgehead atoms. The molecule has 1 aromatic rings. The Morgan fingerprint density at radius 3 is 2.38 bits per heavy atom. The van der Waals surface area contributed by atoms with Gasteiger partial charge in [0.15, 0.2) is 0 Å². The molecule has 0 aliphatic rings. The second-order valence-corrected chi connectivity index (χ2v) is 7.29. The van der Waals surface area contributed by atoms with Crippen LogP contribution in [-0.2, 0) is 10.0 Å². The number of sulfonamides is 1. The highest BCUT2D eigenvalue weighted by molar-refractivity contribution is 7.89. The molecule has 0 saturated heterocycles. The van der Waals surface area contributed by atoms with Gasteiger partial charge in [0.1, 0.15) is 0 Å². The van der Waals surface area contributed by atoms with E-state index in [9.17, 15) is 18.5 Å². The maximum atomic E-state index is 12.1. The molecule has 3 N–H and O–H groups in total. The Hall–Kier alpha value is -0.930. The molecule has 0 saturated carbocycles. The van der Waals surface area contributed by atoms with Gasteiger partial charge < -0.3 is 5.73 Å². The third-order valence-electron chi connectivity index (χ3n) is 2.52. The Labute approximate surface area is 134 Å². The maximum absolute atomic E-state index is 12.1. The predicted molar refractivity (Wildman–Crippen MR) is 83.5 cm³/mol. The van der Waals surface area contributed by atoms with E-state index in [4.69, 9.17) is 17.3 Å². The number of hydrogen-bond donors (Lipinski definition) is 2. The Bertz CT molecular complexity index is 642. The van der Waals surface area contributed by atoms with E-state index in [2.05, 4.69) is 4.72 Å². The molecule has 1 aromatic carbocycles. The lowest BCUT2D eigenvalue weighted by Crippen LogP contribution is -2.45. The van der Waals surface area contributed by atoms with Gasteiger partial charge in [-0.1, -0.05) is 11.6 Å². The van der Waals surface area contributed by atoms with E-state index in [1.165, 1.54) is 13.0 Å². The van der Waals surface area contributed by atoms with Gasteiger partial charge >= 0.3 is 0 Å². The fourth-order valence-electron chi connectivity index (χ4n) is 1.35. The van der Waals surface area contributed by atoms with Crippen molar-refractivity contribution < 1.29 is 13.3 Å². The molecule has 120 valence electrons. The summed E-state index contributed by atoms with van der Waals surface area (Å²) in [4.78, 5) is 9.95. The summed E-state index contributed by atoms with van der Waals surface area (Å²) in [6.07, 6.45) is 0. The van der Waals surface area contributed by atoms with Crippen LogP contribution in [0.3, 0.4) is 0 Å². The SMILES string of the molecule is Cc1c(Cl)cc(S(=O)(=O)NCC(C)(C)N)cc1[N+](=O)[O-].Cl. The van der Waals surface area contributed by atoms with E-state index in [1.807, 2.05) is 0 Å². The van der Waals surface area contributed by atoms with E-state index in [0.29, 0.717) is 0 Å². The van der Waals surface area contributed by atoms with Gasteiger partial charge in [-0.05, 0) is 26.8 Å². The minimum Gasteiger partial charge on any atom is -0.324 e. The lowest BCUT2D eigenvalue weighted by Gasteiger charge is -2.19. The first-order valence-corrected chi connectivity index (χ1v) is 7.53. The van der Waals surface area contributed by atoms with Crippen molar-refractivity contribution in [1.82, 2.24) is 4.72 Å². The van der Waals surface area contributed by atoms with Crippen LogP contribution in [0, 0.1) is 17.0 Å². The van der Waals surface area contributed by atoms with E-state index in [0.717, 1.165) is 6.07 Å². The summed E-state index contributed by atoms with van der Waals surface area (Å²) in [5.41, 5.74) is 4.82. The molecule has 10 heteroatoms. The number of halogens is 2. The predicted octanol–water partition coefficient (Wildman–Crippen LogP) is 1.99. The smallest absolute Gasteiger partial charge is 0.275 e. The molecular weight excluding hydrogens is 341 g/mol. The molecule has 0 aromatic heterocycles. The second kappa shape index (κ2) is 6.89. The number of hydrogen-bond acceptors (Lipinski definition) is 5. The summed E-state index contributed by atoms with van der Waals surface area (Å²) >= 11 is 5.84. The van der Waals surface area contributed by atoms with Gasteiger partial charge in [-0.25, -0.2) is 13.1 Å². The van der Waals surface area contributed by atoms with Crippen molar-refractivity contribution in [2.45, 2.75) is 31.2 Å². The van der Waals surface area contributed by atoms with Crippen molar-refractivity contribution in [2.24, 2.45) is 5.73 Å². The zero-order chi connectivity index (χ0) is 15.7. The number of nitro benzene ring substituents is 1. The zero-order valence-corrected chi connectivity index (χ0v) is 14.1. The Morgan fingerprint density at radius 1 is 1.43 bits per heavy atom. The van der Waals surface area contributed by atoms with Gasteiger partial charge in [0.05, 0.1) is 14.8 Å². The van der Waals surface area contributed by atoms with Crippen LogP contribution in [0.2, 0.25) is 5.02 Å². The summed E-state index contributed by atoms with van der Waals surface area (Å²) in [5.74, 6) is 0. The number of nitrogens with zero attached hydrogens (tertiary/aromatic N) is 1. The molecule has 7 nitrogen and oxygen atoms in total. The standard InChI is InChI=1S/C11H16ClN3O4S.ClH/c1-7-9(12)4-8(5-10(7)15(16)17)20(18,19)14-6-11(2,3)13;/h4-5,14H,6,13H2,1-3H3;1H. The summed E-state index contributed by atoms with van der Waals surface area (Å²) in [6, 6.07) is 2.16. The molecule has 0 aliphatic carbocycles. The highest BCUT2D eigenvalue weighted by Crippen LogP contribution is 2.29. The Morgan fingerprint density at radius 2 is 1.95 bits per heavy atom. The molecule has 0 amide bonds. The fourth-order valence-corrected chi connectivity index (χ4v) is 2.90. The van der Waals surface area contributed by atoms with Crippen LogP contribution >= 0.6 is 24.0 Å². The number of nitrogens with one attached hydrogen (secondary N) is 1. The quantitative estimate of drug-likeness (QED) is 0.617. The van der Waals surface area contributed by atoms with Crippen molar-refractivity contribution in [3.63, 3.8) is 0 Å². The molecule has 0 heterocycles. The fraction of sp³-hybridized carbons (Fsp3) is 0.455. The largest absolute Gasteiger partial charge is 0.324 e. The summed E-state index contributed by atoms with van der Waals surface area (Å²) in [6.45, 7) is 4.75. The second-order valence-electron chi connectivity index (χ2n) is 5.12. The lowest BCUT2D eigenvalue weighted by atomic mass is 10.1. The highest BCUT2D eigenvalue weighted by atomic mass is 35.5. The van der Waals surface area contributed by atoms with E-state index in [1.54, 1.807) is 13.8 Å². The van der Waals surface area contributed by atoms with Gasteiger partial charge in [-0.15, -0.1) is 12.4 Å². The summed E-state index contributed by atoms with van der Waals surface area (Å²) in [5, 5.41) is 10.9. The number of nitrogens with two attached hydrogens (primary N) is 1. The topological polar surface area (TPSA) is 115 Å². The van der Waals surface area contributed by atoms with Crippen LogP contribution < -0.4 is 10.5 Å². The van der Waals surface area contributed by atoms with Gasteiger partial charge in [0.2, 0.25) is 10.0 Å². The van der Waals surface area contributed by atoms with Crippen molar-refractivity contribution in [3.05, 3.63) is 32.8 Å². The molecular formula is C11H17Cl2N3O4S. The normalized spacial score (nSPS) is 11.9. The average Bonchev–Trinajstić information content (AvgIpc) is 2.28. The van der Waals surface area contributed by atoms with Crippen molar-refractivity contribution >= 4 is 39.7 Å². The maximum Gasteiger partial charge on any atom is 0.275 e. The van der Waals surface area contributed by atoms with Gasteiger partial charge in [-0.2, -0.15) is 0 Å². The van der Waals surface area contributed by atoms with E-state index >= 15 is 0 Å². The van der Waals surface area contributed by atoms with Crippen molar-refractivity contribution in [1.29, 1.82) is 0 Å². The first-order valence-electron chi connectivity index (χ1n) is 5.67. The number of benzene rings is 1. The molecule has 0 unspecified atom stereocenters. The summed E-state index contributed by atoms with van der Waals surface area (Å²) in [7, 11) is -3.91. The molecule has 0 radical (unpaired) electrons. The average molecular weight is 358 g/mol. The van der Waals surface area contributed by atoms with E-state index < -0.39 is 20.5 Å².